The Labute approximate surface area is 197 Å². The lowest BCUT2D eigenvalue weighted by Crippen LogP contribution is -2.34. The molecule has 0 heterocycles. The Morgan fingerprint density at radius 3 is 2.03 bits per heavy atom. The number of benzene rings is 3. The second-order valence-corrected chi connectivity index (χ2v) is 9.19. The van der Waals surface area contributed by atoms with E-state index in [2.05, 4.69) is 15.4 Å². The molecule has 10 heteroatoms. The van der Waals surface area contributed by atoms with Crippen molar-refractivity contribution < 1.29 is 22.7 Å². The topological polar surface area (TPSA) is 105 Å². The van der Waals surface area contributed by atoms with Gasteiger partial charge < -0.3 is 10.1 Å². The van der Waals surface area contributed by atoms with Crippen LogP contribution in [0.2, 0.25) is 0 Å². The van der Waals surface area contributed by atoms with E-state index in [1.54, 1.807) is 36.4 Å². The number of carbonyl (C=O) groups excluding carboxylic acids is 2. The lowest BCUT2D eigenvalue weighted by Gasteiger charge is -2.19. The van der Waals surface area contributed by atoms with E-state index in [1.807, 2.05) is 6.07 Å². The largest absolute Gasteiger partial charge is 0.465 e. The number of sulfonamides is 1. The van der Waals surface area contributed by atoms with E-state index >= 15 is 0 Å². The van der Waals surface area contributed by atoms with Gasteiger partial charge in [0, 0.05) is 18.3 Å². The molecule has 8 nitrogen and oxygen atoms in total. The molecule has 0 aliphatic heterocycles. The molecule has 0 atom stereocenters. The van der Waals surface area contributed by atoms with Gasteiger partial charge in [-0.1, -0.05) is 18.2 Å². The minimum absolute atomic E-state index is 0.0362. The number of nitrogens with one attached hydrogen (secondary N) is 2. The first-order chi connectivity index (χ1) is 15.7. The SMILES string of the molecule is COC(=O)c1ccc(C(=O)NC(=S)Nc2ccc(S(=O)(=O)N(C)c3ccccc3)cc2)cc1. The molecule has 0 fully saturated rings. The highest BCUT2D eigenvalue weighted by atomic mass is 32.2. The van der Waals surface area contributed by atoms with E-state index in [0.717, 1.165) is 0 Å². The number of rotatable bonds is 6. The number of hydrogen-bond acceptors (Lipinski definition) is 6. The molecular weight excluding hydrogens is 462 g/mol. The third kappa shape index (κ3) is 5.73. The van der Waals surface area contributed by atoms with Gasteiger partial charge in [0.05, 0.1) is 23.3 Å². The maximum absolute atomic E-state index is 12.8. The maximum Gasteiger partial charge on any atom is 0.337 e. The first-order valence-corrected chi connectivity index (χ1v) is 11.5. The predicted octanol–water partition coefficient (Wildman–Crippen LogP) is 3.43. The van der Waals surface area contributed by atoms with Gasteiger partial charge in [-0.15, -0.1) is 0 Å². The molecule has 0 aliphatic carbocycles. The second kappa shape index (κ2) is 10.2. The van der Waals surface area contributed by atoms with Crippen molar-refractivity contribution >= 4 is 50.6 Å². The van der Waals surface area contributed by atoms with E-state index in [9.17, 15) is 18.0 Å². The quantitative estimate of drug-likeness (QED) is 0.409. The van der Waals surface area contributed by atoms with E-state index in [0.29, 0.717) is 22.5 Å². The van der Waals surface area contributed by atoms with Crippen molar-refractivity contribution in [3.8, 4) is 0 Å². The monoisotopic (exact) mass is 483 g/mol. The molecule has 0 bridgehead atoms. The van der Waals surface area contributed by atoms with Crippen molar-refractivity contribution in [3.05, 3.63) is 90.0 Å². The molecular formula is C23H21N3O5S2. The zero-order valence-electron chi connectivity index (χ0n) is 17.8. The number of carbonyl (C=O) groups is 2. The number of hydrogen-bond donors (Lipinski definition) is 2. The number of methoxy groups -OCH3 is 1. The van der Waals surface area contributed by atoms with Crippen molar-refractivity contribution in [2.24, 2.45) is 0 Å². The third-order valence-corrected chi connectivity index (χ3v) is 6.69. The van der Waals surface area contributed by atoms with E-state index in [1.165, 1.54) is 54.9 Å². The number of amides is 1. The molecule has 0 aromatic heterocycles. The van der Waals surface area contributed by atoms with Crippen molar-refractivity contribution in [2.75, 3.05) is 23.8 Å². The summed E-state index contributed by atoms with van der Waals surface area (Å²) in [5, 5.41) is 5.40. The summed E-state index contributed by atoms with van der Waals surface area (Å²) in [7, 11) is -0.974. The van der Waals surface area contributed by atoms with E-state index < -0.39 is 21.9 Å². The Morgan fingerprint density at radius 1 is 0.879 bits per heavy atom. The van der Waals surface area contributed by atoms with E-state index in [-0.39, 0.29) is 10.0 Å². The Kier molecular flexibility index (Phi) is 7.41. The minimum atomic E-state index is -3.73. The summed E-state index contributed by atoms with van der Waals surface area (Å²) < 4.78 is 31.5. The molecule has 1 amide bonds. The number of anilines is 2. The smallest absolute Gasteiger partial charge is 0.337 e. The molecule has 0 radical (unpaired) electrons. The fraction of sp³-hybridized carbons (Fsp3) is 0.0870. The van der Waals surface area contributed by atoms with Crippen LogP contribution in [0.4, 0.5) is 11.4 Å². The standard InChI is InChI=1S/C23H21N3O5S2/c1-26(19-6-4-3-5-7-19)33(29,30)20-14-12-18(13-15-20)24-23(32)25-21(27)16-8-10-17(11-9-16)22(28)31-2/h3-15H,1-2H3,(H2,24,25,27,32). The number of thiocarbonyl (C=S) groups is 1. The summed E-state index contributed by atoms with van der Waals surface area (Å²) in [4.78, 5) is 23.9. The molecule has 3 rings (SSSR count). The van der Waals surface area contributed by atoms with Gasteiger partial charge in [-0.3, -0.25) is 14.4 Å². The average Bonchev–Trinajstić information content (AvgIpc) is 2.83. The molecule has 3 aromatic carbocycles. The van der Waals surface area contributed by atoms with Gasteiger partial charge in [0.25, 0.3) is 15.9 Å². The fourth-order valence-corrected chi connectivity index (χ4v) is 4.26. The van der Waals surface area contributed by atoms with Gasteiger partial charge in [0.2, 0.25) is 0 Å². The number of nitrogens with zero attached hydrogens (tertiary/aromatic N) is 1. The second-order valence-electron chi connectivity index (χ2n) is 6.81. The first kappa shape index (κ1) is 23.9. The van der Waals surface area contributed by atoms with Gasteiger partial charge in [-0.05, 0) is 72.9 Å². The van der Waals surface area contributed by atoms with Gasteiger partial charge >= 0.3 is 5.97 Å². The summed E-state index contributed by atoms with van der Waals surface area (Å²) in [6.45, 7) is 0. The van der Waals surface area contributed by atoms with Crippen LogP contribution in [0.3, 0.4) is 0 Å². The van der Waals surface area contributed by atoms with Crippen molar-refractivity contribution in [1.29, 1.82) is 0 Å². The average molecular weight is 484 g/mol. The maximum atomic E-state index is 12.8. The van der Waals surface area contributed by atoms with Crippen LogP contribution >= 0.6 is 12.2 Å². The summed E-state index contributed by atoms with van der Waals surface area (Å²) in [6.07, 6.45) is 0. The molecule has 33 heavy (non-hydrogen) atoms. The van der Waals surface area contributed by atoms with Gasteiger partial charge in [-0.2, -0.15) is 0 Å². The third-order valence-electron chi connectivity index (χ3n) is 4.69. The van der Waals surface area contributed by atoms with Crippen molar-refractivity contribution in [2.45, 2.75) is 4.90 Å². The Balaban J connectivity index is 1.63. The molecule has 170 valence electrons. The lowest BCUT2D eigenvalue weighted by molar-refractivity contribution is 0.0600. The summed E-state index contributed by atoms with van der Waals surface area (Å²) in [5.41, 5.74) is 1.67. The molecule has 0 spiro atoms. The summed E-state index contributed by atoms with van der Waals surface area (Å²) >= 11 is 5.17. The molecule has 2 N–H and O–H groups in total. The highest BCUT2D eigenvalue weighted by Crippen LogP contribution is 2.22. The zero-order valence-corrected chi connectivity index (χ0v) is 19.4. The number of esters is 1. The van der Waals surface area contributed by atoms with Crippen molar-refractivity contribution in [1.82, 2.24) is 5.32 Å². The van der Waals surface area contributed by atoms with Crippen molar-refractivity contribution in [3.63, 3.8) is 0 Å². The molecule has 0 saturated carbocycles. The number of para-hydroxylation sites is 1. The van der Waals surface area contributed by atoms with Gasteiger partial charge in [-0.25, -0.2) is 13.2 Å². The van der Waals surface area contributed by atoms with Gasteiger partial charge in [0.1, 0.15) is 0 Å². The Hall–Kier alpha value is -3.76. The van der Waals surface area contributed by atoms with Crippen LogP contribution in [0, 0.1) is 0 Å². The summed E-state index contributed by atoms with van der Waals surface area (Å²) in [6, 6.07) is 20.7. The fourth-order valence-electron chi connectivity index (χ4n) is 2.86. The van der Waals surface area contributed by atoms with Crippen LogP contribution < -0.4 is 14.9 Å². The Bertz CT molecular complexity index is 1260. The van der Waals surface area contributed by atoms with Crippen LogP contribution in [-0.4, -0.2) is 39.6 Å². The summed E-state index contributed by atoms with van der Waals surface area (Å²) in [5.74, 6) is -0.966. The predicted molar refractivity (Wildman–Crippen MR) is 130 cm³/mol. The van der Waals surface area contributed by atoms with Crippen LogP contribution in [-0.2, 0) is 14.8 Å². The molecule has 0 saturated heterocycles. The lowest BCUT2D eigenvalue weighted by atomic mass is 10.1. The van der Waals surface area contributed by atoms with E-state index in [4.69, 9.17) is 12.2 Å². The minimum Gasteiger partial charge on any atom is -0.465 e. The molecule has 0 unspecified atom stereocenters. The highest BCUT2D eigenvalue weighted by Gasteiger charge is 2.21. The normalized spacial score (nSPS) is 10.7. The van der Waals surface area contributed by atoms with Crippen LogP contribution in [0.15, 0.2) is 83.8 Å². The van der Waals surface area contributed by atoms with Crippen LogP contribution in [0.1, 0.15) is 20.7 Å². The zero-order chi connectivity index (χ0) is 24.0. The Morgan fingerprint density at radius 2 is 1.45 bits per heavy atom. The highest BCUT2D eigenvalue weighted by molar-refractivity contribution is 7.92. The molecule has 3 aromatic rings. The number of ether oxygens (including phenoxy) is 1. The van der Waals surface area contributed by atoms with Gasteiger partial charge in [0.15, 0.2) is 5.11 Å². The van der Waals surface area contributed by atoms with Crippen LogP contribution in [0.5, 0.6) is 0 Å². The molecule has 0 aliphatic rings. The van der Waals surface area contributed by atoms with Crippen LogP contribution in [0.25, 0.3) is 0 Å². The first-order valence-electron chi connectivity index (χ1n) is 9.67.